The molecule has 0 saturated heterocycles. The van der Waals surface area contributed by atoms with Crippen LogP contribution in [0.1, 0.15) is 68.6 Å². The molecule has 0 aromatic heterocycles. The first-order valence-corrected chi connectivity index (χ1v) is 8.36. The maximum Gasteiger partial charge on any atom is 0.251 e. The monoisotopic (exact) mass is 310 g/mol. The highest BCUT2D eigenvalue weighted by atomic mass is 35.5. The lowest BCUT2D eigenvalue weighted by Crippen LogP contribution is -2.24. The fourth-order valence-electron chi connectivity index (χ4n) is 2.23. The van der Waals surface area contributed by atoms with Crippen molar-refractivity contribution in [3.05, 3.63) is 28.8 Å². The van der Waals surface area contributed by atoms with E-state index in [1.54, 1.807) is 18.2 Å². The molecule has 0 aliphatic carbocycles. The van der Waals surface area contributed by atoms with Crippen LogP contribution < -0.4 is 11.1 Å². The minimum atomic E-state index is -0.0835. The molecule has 21 heavy (non-hydrogen) atoms. The maximum absolute atomic E-state index is 11.9. The number of benzene rings is 1. The van der Waals surface area contributed by atoms with Crippen molar-refractivity contribution in [3.8, 4) is 0 Å². The van der Waals surface area contributed by atoms with Gasteiger partial charge in [-0.15, -0.1) is 0 Å². The van der Waals surface area contributed by atoms with E-state index in [0.717, 1.165) is 13.0 Å². The summed E-state index contributed by atoms with van der Waals surface area (Å²) in [4.78, 5) is 11.9. The number of nitrogens with two attached hydrogens (primary N) is 1. The number of halogens is 1. The van der Waals surface area contributed by atoms with Crippen LogP contribution in [0.2, 0.25) is 5.02 Å². The fourth-order valence-corrected chi connectivity index (χ4v) is 2.41. The second-order valence-electron chi connectivity index (χ2n) is 5.47. The van der Waals surface area contributed by atoms with Gasteiger partial charge in [0.25, 0.3) is 5.91 Å². The molecule has 0 saturated carbocycles. The van der Waals surface area contributed by atoms with Crippen LogP contribution in [0.25, 0.3) is 0 Å². The number of nitrogens with one attached hydrogen (secondary N) is 1. The number of carbonyl (C=O) groups is 1. The molecule has 4 heteroatoms. The summed E-state index contributed by atoms with van der Waals surface area (Å²) in [5.41, 5.74) is 6.68. The van der Waals surface area contributed by atoms with Gasteiger partial charge in [-0.1, -0.05) is 63.5 Å². The van der Waals surface area contributed by atoms with Crippen LogP contribution in [-0.2, 0) is 0 Å². The van der Waals surface area contributed by atoms with Crippen LogP contribution >= 0.6 is 11.6 Å². The summed E-state index contributed by atoms with van der Waals surface area (Å²) >= 11 is 5.91. The summed E-state index contributed by atoms with van der Waals surface area (Å²) in [5.74, 6) is -0.0835. The minimum Gasteiger partial charge on any atom is -0.398 e. The van der Waals surface area contributed by atoms with Crippen LogP contribution in [0.15, 0.2) is 18.2 Å². The lowest BCUT2D eigenvalue weighted by atomic mass is 10.1. The summed E-state index contributed by atoms with van der Waals surface area (Å²) in [6.07, 6.45) is 10.1. The van der Waals surface area contributed by atoms with Gasteiger partial charge < -0.3 is 11.1 Å². The normalized spacial score (nSPS) is 10.6. The van der Waals surface area contributed by atoms with E-state index in [1.165, 1.54) is 44.9 Å². The Balaban J connectivity index is 2.09. The van der Waals surface area contributed by atoms with Crippen LogP contribution in [0.3, 0.4) is 0 Å². The van der Waals surface area contributed by atoms with Gasteiger partial charge in [0, 0.05) is 12.1 Å². The average Bonchev–Trinajstić information content (AvgIpc) is 2.48. The molecule has 0 aliphatic heterocycles. The molecule has 1 aromatic carbocycles. The third-order valence-electron chi connectivity index (χ3n) is 3.58. The van der Waals surface area contributed by atoms with Crippen molar-refractivity contribution >= 4 is 23.2 Å². The first-order chi connectivity index (χ1) is 10.1. The molecule has 3 nitrogen and oxygen atoms in total. The standard InChI is InChI=1S/C17H27ClN2O/c1-2-3-4-5-6-7-8-9-12-20-17(21)14-10-11-16(19)15(18)13-14/h10-11,13H,2-9,12,19H2,1H3,(H,20,21). The molecular formula is C17H27ClN2O. The lowest BCUT2D eigenvalue weighted by Gasteiger charge is -2.06. The van der Waals surface area contributed by atoms with Gasteiger partial charge in [0.15, 0.2) is 0 Å². The van der Waals surface area contributed by atoms with Gasteiger partial charge in [-0.2, -0.15) is 0 Å². The highest BCUT2D eigenvalue weighted by molar-refractivity contribution is 6.33. The van der Waals surface area contributed by atoms with Crippen molar-refractivity contribution in [1.82, 2.24) is 5.32 Å². The Bertz CT molecular complexity index is 435. The van der Waals surface area contributed by atoms with Crippen LogP contribution in [0.5, 0.6) is 0 Å². The Morgan fingerprint density at radius 3 is 2.33 bits per heavy atom. The van der Waals surface area contributed by atoms with E-state index >= 15 is 0 Å². The third-order valence-corrected chi connectivity index (χ3v) is 3.91. The molecule has 0 atom stereocenters. The predicted molar refractivity (Wildman–Crippen MR) is 90.8 cm³/mol. The number of carbonyl (C=O) groups excluding carboxylic acids is 1. The Morgan fingerprint density at radius 1 is 1.10 bits per heavy atom. The van der Waals surface area contributed by atoms with E-state index in [1.807, 2.05) is 0 Å². The second-order valence-corrected chi connectivity index (χ2v) is 5.87. The van der Waals surface area contributed by atoms with Gasteiger partial charge in [-0.25, -0.2) is 0 Å². The van der Waals surface area contributed by atoms with E-state index < -0.39 is 0 Å². The molecule has 0 radical (unpaired) electrons. The Kier molecular flexibility index (Phi) is 8.91. The van der Waals surface area contributed by atoms with E-state index in [0.29, 0.717) is 16.3 Å². The molecule has 1 rings (SSSR count). The van der Waals surface area contributed by atoms with Gasteiger partial charge >= 0.3 is 0 Å². The molecule has 3 N–H and O–H groups in total. The van der Waals surface area contributed by atoms with Gasteiger partial charge in [0.2, 0.25) is 0 Å². The van der Waals surface area contributed by atoms with Crippen molar-refractivity contribution in [2.24, 2.45) is 0 Å². The lowest BCUT2D eigenvalue weighted by molar-refractivity contribution is 0.0953. The summed E-state index contributed by atoms with van der Waals surface area (Å²) in [6.45, 7) is 2.95. The smallest absolute Gasteiger partial charge is 0.251 e. The van der Waals surface area contributed by atoms with E-state index in [-0.39, 0.29) is 5.91 Å². The zero-order valence-corrected chi connectivity index (χ0v) is 13.7. The number of hydrogen-bond acceptors (Lipinski definition) is 2. The van der Waals surface area contributed by atoms with E-state index in [2.05, 4.69) is 12.2 Å². The Morgan fingerprint density at radius 2 is 1.71 bits per heavy atom. The molecule has 0 unspecified atom stereocenters. The zero-order valence-electron chi connectivity index (χ0n) is 13.0. The number of nitrogen functional groups attached to an aromatic ring is 1. The average molecular weight is 311 g/mol. The number of rotatable bonds is 10. The summed E-state index contributed by atoms with van der Waals surface area (Å²) < 4.78 is 0. The molecule has 0 aliphatic rings. The summed E-state index contributed by atoms with van der Waals surface area (Å²) in [5, 5.41) is 3.34. The minimum absolute atomic E-state index is 0.0835. The number of unbranched alkanes of at least 4 members (excludes halogenated alkanes) is 7. The van der Waals surface area contributed by atoms with Crippen LogP contribution in [0.4, 0.5) is 5.69 Å². The topological polar surface area (TPSA) is 55.1 Å². The largest absolute Gasteiger partial charge is 0.398 e. The highest BCUT2D eigenvalue weighted by Gasteiger charge is 2.06. The predicted octanol–water partition coefficient (Wildman–Crippen LogP) is 4.79. The molecule has 118 valence electrons. The van der Waals surface area contributed by atoms with Gasteiger partial charge in [0.1, 0.15) is 0 Å². The molecule has 0 spiro atoms. The van der Waals surface area contributed by atoms with Gasteiger partial charge in [0.05, 0.1) is 10.7 Å². The van der Waals surface area contributed by atoms with Crippen molar-refractivity contribution in [3.63, 3.8) is 0 Å². The summed E-state index contributed by atoms with van der Waals surface area (Å²) in [7, 11) is 0. The molecule has 0 heterocycles. The zero-order chi connectivity index (χ0) is 15.5. The SMILES string of the molecule is CCCCCCCCCCNC(=O)c1ccc(N)c(Cl)c1. The highest BCUT2D eigenvalue weighted by Crippen LogP contribution is 2.19. The van der Waals surface area contributed by atoms with Gasteiger partial charge in [-0.05, 0) is 24.6 Å². The van der Waals surface area contributed by atoms with Crippen LogP contribution in [0, 0.1) is 0 Å². The van der Waals surface area contributed by atoms with Crippen molar-refractivity contribution in [2.75, 3.05) is 12.3 Å². The van der Waals surface area contributed by atoms with E-state index in [4.69, 9.17) is 17.3 Å². The fraction of sp³-hybridized carbons (Fsp3) is 0.588. The van der Waals surface area contributed by atoms with Crippen LogP contribution in [-0.4, -0.2) is 12.5 Å². The van der Waals surface area contributed by atoms with E-state index in [9.17, 15) is 4.79 Å². The third kappa shape index (κ3) is 7.37. The molecule has 0 fully saturated rings. The first kappa shape index (κ1) is 17.8. The Hall–Kier alpha value is -1.22. The van der Waals surface area contributed by atoms with Gasteiger partial charge in [-0.3, -0.25) is 4.79 Å². The molecule has 1 aromatic rings. The summed E-state index contributed by atoms with van der Waals surface area (Å²) in [6, 6.07) is 4.97. The number of hydrogen-bond donors (Lipinski definition) is 2. The maximum atomic E-state index is 11.9. The molecule has 0 bridgehead atoms. The van der Waals surface area contributed by atoms with Crippen molar-refractivity contribution in [2.45, 2.75) is 58.3 Å². The quantitative estimate of drug-likeness (QED) is 0.482. The molecule has 1 amide bonds. The first-order valence-electron chi connectivity index (χ1n) is 7.98. The number of amides is 1. The second kappa shape index (κ2) is 10.5. The Labute approximate surface area is 133 Å². The number of anilines is 1. The van der Waals surface area contributed by atoms with Crippen molar-refractivity contribution < 1.29 is 4.79 Å². The molecular weight excluding hydrogens is 284 g/mol. The van der Waals surface area contributed by atoms with Crippen molar-refractivity contribution in [1.29, 1.82) is 0 Å².